The second-order valence-electron chi connectivity index (χ2n) is 5.18. The molecule has 1 heterocycles. The molecule has 1 aliphatic heterocycles. The Hall–Kier alpha value is -1.60. The number of hydrogen-bond donors (Lipinski definition) is 2. The summed E-state index contributed by atoms with van der Waals surface area (Å²) in [6.07, 6.45) is 0. The van der Waals surface area contributed by atoms with Crippen molar-refractivity contribution >= 4 is 27.7 Å². The van der Waals surface area contributed by atoms with Crippen molar-refractivity contribution in [3.63, 3.8) is 0 Å². The number of hydrogen-bond acceptors (Lipinski definition) is 4. The molecule has 1 saturated heterocycles. The molecule has 1 aliphatic rings. The first kappa shape index (κ1) is 15.8. The van der Waals surface area contributed by atoms with Gasteiger partial charge in [-0.3, -0.25) is 9.69 Å². The molecule has 0 unspecified atom stereocenters. The molecule has 3 N–H and O–H groups in total. The van der Waals surface area contributed by atoms with Gasteiger partial charge in [-0.05, 0) is 30.7 Å². The molecule has 1 fully saturated rings. The number of rotatable bonds is 3. The van der Waals surface area contributed by atoms with Crippen molar-refractivity contribution < 1.29 is 10.0 Å². The van der Waals surface area contributed by atoms with E-state index in [-0.39, 0.29) is 11.7 Å². The van der Waals surface area contributed by atoms with Gasteiger partial charge < -0.3 is 15.8 Å². The average Bonchev–Trinajstić information content (AvgIpc) is 2.46. The SMILES string of the molecule is Cc1cc(Br)cc(C(=O)N2CCN(C/C(N)=N/O)CC2)c1. The number of amidine groups is 1. The monoisotopic (exact) mass is 354 g/mol. The third kappa shape index (κ3) is 4.18. The lowest BCUT2D eigenvalue weighted by atomic mass is 10.1. The molecule has 21 heavy (non-hydrogen) atoms. The number of halogens is 1. The van der Waals surface area contributed by atoms with Crippen LogP contribution in [0.25, 0.3) is 0 Å². The van der Waals surface area contributed by atoms with E-state index in [1.54, 1.807) is 0 Å². The summed E-state index contributed by atoms with van der Waals surface area (Å²) in [5.41, 5.74) is 7.25. The first-order valence-corrected chi connectivity index (χ1v) is 7.54. The molecular weight excluding hydrogens is 336 g/mol. The molecule has 0 bridgehead atoms. The highest BCUT2D eigenvalue weighted by Crippen LogP contribution is 2.17. The summed E-state index contributed by atoms with van der Waals surface area (Å²) < 4.78 is 0.913. The van der Waals surface area contributed by atoms with Crippen LogP contribution in [0.5, 0.6) is 0 Å². The molecule has 0 spiro atoms. The van der Waals surface area contributed by atoms with Crippen LogP contribution < -0.4 is 5.73 Å². The molecule has 0 saturated carbocycles. The lowest BCUT2D eigenvalue weighted by molar-refractivity contribution is 0.0653. The predicted molar refractivity (Wildman–Crippen MR) is 84.6 cm³/mol. The van der Waals surface area contributed by atoms with Crippen LogP contribution in [0.4, 0.5) is 0 Å². The van der Waals surface area contributed by atoms with Gasteiger partial charge in [0.05, 0.1) is 6.54 Å². The van der Waals surface area contributed by atoms with E-state index >= 15 is 0 Å². The van der Waals surface area contributed by atoms with Crippen LogP contribution in [0.2, 0.25) is 0 Å². The highest BCUT2D eigenvalue weighted by Gasteiger charge is 2.22. The van der Waals surface area contributed by atoms with Gasteiger partial charge in [-0.2, -0.15) is 0 Å². The number of nitrogens with zero attached hydrogens (tertiary/aromatic N) is 3. The summed E-state index contributed by atoms with van der Waals surface area (Å²) in [4.78, 5) is 16.4. The Morgan fingerprint density at radius 1 is 1.33 bits per heavy atom. The lowest BCUT2D eigenvalue weighted by Crippen LogP contribution is -2.50. The molecule has 6 nitrogen and oxygen atoms in total. The summed E-state index contributed by atoms with van der Waals surface area (Å²) >= 11 is 3.42. The van der Waals surface area contributed by atoms with Crippen LogP contribution in [0.15, 0.2) is 27.8 Å². The quantitative estimate of drug-likeness (QED) is 0.370. The number of benzene rings is 1. The van der Waals surface area contributed by atoms with Gasteiger partial charge in [0.2, 0.25) is 0 Å². The van der Waals surface area contributed by atoms with E-state index in [9.17, 15) is 4.79 Å². The maximum Gasteiger partial charge on any atom is 0.253 e. The molecule has 1 amide bonds. The summed E-state index contributed by atoms with van der Waals surface area (Å²) in [5.74, 6) is 0.236. The molecule has 0 atom stereocenters. The Kier molecular flexibility index (Phi) is 5.19. The number of piperazine rings is 1. The number of aryl methyl sites for hydroxylation is 1. The fraction of sp³-hybridized carbons (Fsp3) is 0.429. The zero-order chi connectivity index (χ0) is 15.4. The van der Waals surface area contributed by atoms with Crippen molar-refractivity contribution in [1.82, 2.24) is 9.80 Å². The van der Waals surface area contributed by atoms with Gasteiger partial charge in [0.15, 0.2) is 5.84 Å². The Labute approximate surface area is 132 Å². The van der Waals surface area contributed by atoms with E-state index in [2.05, 4.69) is 26.0 Å². The van der Waals surface area contributed by atoms with Gasteiger partial charge in [0.1, 0.15) is 0 Å². The fourth-order valence-corrected chi connectivity index (χ4v) is 3.02. The zero-order valence-corrected chi connectivity index (χ0v) is 13.5. The summed E-state index contributed by atoms with van der Waals surface area (Å²) in [5, 5.41) is 11.5. The van der Waals surface area contributed by atoms with Crippen molar-refractivity contribution in [3.05, 3.63) is 33.8 Å². The number of amides is 1. The Morgan fingerprint density at radius 2 is 2.00 bits per heavy atom. The largest absolute Gasteiger partial charge is 0.409 e. The minimum absolute atomic E-state index is 0.0443. The van der Waals surface area contributed by atoms with Crippen LogP contribution >= 0.6 is 15.9 Å². The first-order chi connectivity index (χ1) is 9.99. The van der Waals surface area contributed by atoms with Crippen molar-refractivity contribution in [3.8, 4) is 0 Å². The molecule has 114 valence electrons. The van der Waals surface area contributed by atoms with E-state index in [0.29, 0.717) is 25.2 Å². The minimum Gasteiger partial charge on any atom is -0.409 e. The molecule has 7 heteroatoms. The van der Waals surface area contributed by atoms with Crippen LogP contribution in [-0.2, 0) is 0 Å². The fourth-order valence-electron chi connectivity index (χ4n) is 2.41. The van der Waals surface area contributed by atoms with E-state index in [0.717, 1.165) is 23.1 Å². The molecule has 0 radical (unpaired) electrons. The van der Waals surface area contributed by atoms with Gasteiger partial charge in [-0.25, -0.2) is 0 Å². The van der Waals surface area contributed by atoms with Crippen molar-refractivity contribution in [2.45, 2.75) is 6.92 Å². The standard InChI is InChI=1S/C14H19BrN4O2/c1-10-6-11(8-12(15)7-10)14(20)19-4-2-18(3-5-19)9-13(16)17-21/h6-8,21H,2-5,9H2,1H3,(H2,16,17). The number of carbonyl (C=O) groups is 1. The maximum absolute atomic E-state index is 12.5. The Morgan fingerprint density at radius 3 is 2.57 bits per heavy atom. The van der Waals surface area contributed by atoms with E-state index in [4.69, 9.17) is 10.9 Å². The molecule has 0 aromatic heterocycles. The van der Waals surface area contributed by atoms with E-state index in [1.165, 1.54) is 0 Å². The van der Waals surface area contributed by atoms with Crippen molar-refractivity contribution in [1.29, 1.82) is 0 Å². The second kappa shape index (κ2) is 6.91. The van der Waals surface area contributed by atoms with E-state index < -0.39 is 0 Å². The van der Waals surface area contributed by atoms with Crippen LogP contribution in [0, 0.1) is 6.92 Å². The Bertz CT molecular complexity index is 534. The van der Waals surface area contributed by atoms with Gasteiger partial charge in [-0.15, -0.1) is 0 Å². The normalized spacial score (nSPS) is 17.0. The van der Waals surface area contributed by atoms with Crippen LogP contribution in [0.1, 0.15) is 15.9 Å². The topological polar surface area (TPSA) is 82.2 Å². The van der Waals surface area contributed by atoms with Crippen molar-refractivity contribution in [2.24, 2.45) is 10.9 Å². The zero-order valence-electron chi connectivity index (χ0n) is 11.9. The van der Waals surface area contributed by atoms with Gasteiger partial charge in [-0.1, -0.05) is 21.1 Å². The molecule has 1 aromatic rings. The van der Waals surface area contributed by atoms with Gasteiger partial charge in [0, 0.05) is 36.2 Å². The number of carbonyl (C=O) groups excluding carboxylic acids is 1. The van der Waals surface area contributed by atoms with Crippen molar-refractivity contribution in [2.75, 3.05) is 32.7 Å². The molecular formula is C14H19BrN4O2. The van der Waals surface area contributed by atoms with E-state index in [1.807, 2.05) is 30.0 Å². The third-order valence-electron chi connectivity index (χ3n) is 3.46. The van der Waals surface area contributed by atoms with Gasteiger partial charge >= 0.3 is 0 Å². The molecule has 1 aromatic carbocycles. The van der Waals surface area contributed by atoms with Crippen LogP contribution in [-0.4, -0.2) is 59.5 Å². The molecule has 2 rings (SSSR count). The third-order valence-corrected chi connectivity index (χ3v) is 3.92. The summed E-state index contributed by atoms with van der Waals surface area (Å²) in [6, 6.07) is 5.72. The highest BCUT2D eigenvalue weighted by molar-refractivity contribution is 9.10. The summed E-state index contributed by atoms with van der Waals surface area (Å²) in [7, 11) is 0. The molecule has 0 aliphatic carbocycles. The lowest BCUT2D eigenvalue weighted by Gasteiger charge is -2.34. The number of oxime groups is 1. The summed E-state index contributed by atoms with van der Waals surface area (Å²) in [6.45, 7) is 5.11. The smallest absolute Gasteiger partial charge is 0.253 e. The first-order valence-electron chi connectivity index (χ1n) is 6.75. The highest BCUT2D eigenvalue weighted by atomic mass is 79.9. The maximum atomic E-state index is 12.5. The minimum atomic E-state index is 0.0443. The average molecular weight is 355 g/mol. The van der Waals surface area contributed by atoms with Crippen LogP contribution in [0.3, 0.4) is 0 Å². The van der Waals surface area contributed by atoms with Gasteiger partial charge in [0.25, 0.3) is 5.91 Å². The second-order valence-corrected chi connectivity index (χ2v) is 6.09. The predicted octanol–water partition coefficient (Wildman–Crippen LogP) is 1.26. The Balaban J connectivity index is 1.97. The number of nitrogens with two attached hydrogens (primary N) is 1.